The summed E-state index contributed by atoms with van der Waals surface area (Å²) in [6.45, 7) is 0. The van der Waals surface area contributed by atoms with E-state index in [1.807, 2.05) is 0 Å². The highest BCUT2D eigenvalue weighted by molar-refractivity contribution is 6.30. The van der Waals surface area contributed by atoms with Crippen molar-refractivity contribution in [3.05, 3.63) is 39.0 Å². The van der Waals surface area contributed by atoms with Gasteiger partial charge in [-0.3, -0.25) is 0 Å². The lowest BCUT2D eigenvalue weighted by atomic mass is 10.1. The third-order valence-corrected chi connectivity index (χ3v) is 2.27. The Kier molecular flexibility index (Phi) is 2.19. The molecule has 0 saturated heterocycles. The SMILES string of the molecule is [N-]=[N+]=NC1Cc2c(ccc(Cl)c2F)O1. The molecule has 0 N–H and O–H groups in total. The Morgan fingerprint density at radius 3 is 3.14 bits per heavy atom. The quantitative estimate of drug-likeness (QED) is 0.402. The molecule has 0 fully saturated rings. The van der Waals surface area contributed by atoms with E-state index in [1.54, 1.807) is 6.07 Å². The largest absolute Gasteiger partial charge is 0.484 e. The molecule has 0 aromatic heterocycles. The Morgan fingerprint density at radius 2 is 2.43 bits per heavy atom. The maximum absolute atomic E-state index is 13.4. The van der Waals surface area contributed by atoms with Crippen LogP contribution >= 0.6 is 11.6 Å². The average molecular weight is 214 g/mol. The molecule has 1 aromatic carbocycles. The number of azide groups is 1. The second-order valence-corrected chi connectivity index (χ2v) is 3.23. The highest BCUT2D eigenvalue weighted by Crippen LogP contribution is 2.34. The Morgan fingerprint density at radius 1 is 1.64 bits per heavy atom. The Bertz CT molecular complexity index is 431. The van der Waals surface area contributed by atoms with E-state index >= 15 is 0 Å². The molecule has 1 atom stereocenters. The maximum Gasteiger partial charge on any atom is 0.182 e. The van der Waals surface area contributed by atoms with E-state index in [0.29, 0.717) is 11.3 Å². The predicted molar refractivity (Wildman–Crippen MR) is 48.7 cm³/mol. The molecule has 0 spiro atoms. The maximum atomic E-state index is 13.4. The van der Waals surface area contributed by atoms with Crippen LogP contribution in [0.1, 0.15) is 5.56 Å². The molecule has 1 aromatic rings. The number of ether oxygens (including phenoxy) is 1. The van der Waals surface area contributed by atoms with Crippen LogP contribution in [0, 0.1) is 5.82 Å². The number of hydrogen-bond donors (Lipinski definition) is 0. The van der Waals surface area contributed by atoms with Crippen molar-refractivity contribution in [1.82, 2.24) is 0 Å². The van der Waals surface area contributed by atoms with Crippen molar-refractivity contribution in [2.24, 2.45) is 5.11 Å². The minimum absolute atomic E-state index is 0.0499. The number of halogens is 2. The minimum atomic E-state index is -0.664. The molecule has 0 amide bonds. The lowest BCUT2D eigenvalue weighted by Crippen LogP contribution is -2.07. The molecule has 4 nitrogen and oxygen atoms in total. The summed E-state index contributed by atoms with van der Waals surface area (Å²) < 4.78 is 18.5. The molecule has 1 aliphatic heterocycles. The van der Waals surface area contributed by atoms with Crippen LogP contribution in [0.3, 0.4) is 0 Å². The molecule has 0 bridgehead atoms. The van der Waals surface area contributed by atoms with Gasteiger partial charge in [-0.1, -0.05) is 11.6 Å². The standard InChI is InChI=1S/C8H5ClFN3O/c9-5-1-2-6-4(8(5)10)3-7(14-6)12-13-11/h1-2,7H,3H2. The molecular weight excluding hydrogens is 209 g/mol. The zero-order valence-corrected chi connectivity index (χ0v) is 7.70. The van der Waals surface area contributed by atoms with Crippen LogP contribution in [0.2, 0.25) is 5.02 Å². The van der Waals surface area contributed by atoms with Crippen LogP contribution in [-0.2, 0) is 6.42 Å². The fraction of sp³-hybridized carbons (Fsp3) is 0.250. The normalized spacial score (nSPS) is 18.3. The van der Waals surface area contributed by atoms with Crippen LogP contribution in [0.4, 0.5) is 4.39 Å². The van der Waals surface area contributed by atoms with E-state index in [4.69, 9.17) is 21.9 Å². The molecule has 1 unspecified atom stereocenters. The first-order valence-electron chi connectivity index (χ1n) is 3.90. The predicted octanol–water partition coefficient (Wildman–Crippen LogP) is 3.05. The van der Waals surface area contributed by atoms with Gasteiger partial charge in [0.05, 0.1) is 5.02 Å². The molecule has 0 saturated carbocycles. The van der Waals surface area contributed by atoms with Gasteiger partial charge in [0, 0.05) is 16.9 Å². The number of benzene rings is 1. The van der Waals surface area contributed by atoms with Crippen molar-refractivity contribution < 1.29 is 9.13 Å². The van der Waals surface area contributed by atoms with E-state index in [-0.39, 0.29) is 11.4 Å². The molecule has 0 radical (unpaired) electrons. The van der Waals surface area contributed by atoms with Crippen molar-refractivity contribution in [2.75, 3.05) is 0 Å². The van der Waals surface area contributed by atoms with Gasteiger partial charge >= 0.3 is 0 Å². The summed E-state index contributed by atoms with van der Waals surface area (Å²) in [4.78, 5) is 2.60. The number of nitrogens with zero attached hydrogens (tertiary/aromatic N) is 3. The van der Waals surface area contributed by atoms with Crippen LogP contribution in [-0.4, -0.2) is 6.23 Å². The van der Waals surface area contributed by atoms with E-state index < -0.39 is 12.0 Å². The smallest absolute Gasteiger partial charge is 0.182 e. The zero-order valence-electron chi connectivity index (χ0n) is 6.94. The highest BCUT2D eigenvalue weighted by Gasteiger charge is 2.25. The molecular formula is C8H5ClFN3O. The van der Waals surface area contributed by atoms with E-state index in [0.717, 1.165) is 0 Å². The Labute approximate surface area is 83.9 Å². The molecule has 2 rings (SSSR count). The van der Waals surface area contributed by atoms with Crippen molar-refractivity contribution in [3.8, 4) is 5.75 Å². The summed E-state index contributed by atoms with van der Waals surface area (Å²) >= 11 is 5.58. The molecule has 1 heterocycles. The fourth-order valence-electron chi connectivity index (χ4n) is 1.36. The van der Waals surface area contributed by atoms with Gasteiger partial charge in [-0.25, -0.2) is 4.39 Å². The lowest BCUT2D eigenvalue weighted by Gasteiger charge is -2.01. The summed E-state index contributed by atoms with van der Waals surface area (Å²) in [5.74, 6) is -0.107. The topological polar surface area (TPSA) is 58.0 Å². The second kappa shape index (κ2) is 3.36. The summed E-state index contributed by atoms with van der Waals surface area (Å²) in [6.07, 6.45) is -0.436. The fourth-order valence-corrected chi connectivity index (χ4v) is 1.54. The second-order valence-electron chi connectivity index (χ2n) is 2.82. The average Bonchev–Trinajstić information content (AvgIpc) is 2.56. The van der Waals surface area contributed by atoms with Crippen LogP contribution in [0.15, 0.2) is 17.2 Å². The monoisotopic (exact) mass is 213 g/mol. The zero-order chi connectivity index (χ0) is 10.1. The van der Waals surface area contributed by atoms with Gasteiger partial charge in [0.1, 0.15) is 11.6 Å². The summed E-state index contributed by atoms with van der Waals surface area (Å²) in [5, 5.41) is 3.41. The highest BCUT2D eigenvalue weighted by atomic mass is 35.5. The molecule has 1 aliphatic rings. The number of fused-ring (bicyclic) bond motifs is 1. The van der Waals surface area contributed by atoms with Gasteiger partial charge in [0.15, 0.2) is 6.23 Å². The Balaban J connectivity index is 2.40. The molecule has 14 heavy (non-hydrogen) atoms. The molecule has 6 heteroatoms. The molecule has 72 valence electrons. The van der Waals surface area contributed by atoms with Crippen LogP contribution in [0.5, 0.6) is 5.75 Å². The first-order valence-corrected chi connectivity index (χ1v) is 4.28. The van der Waals surface area contributed by atoms with E-state index in [2.05, 4.69) is 10.0 Å². The van der Waals surface area contributed by atoms with Gasteiger partial charge in [0.2, 0.25) is 0 Å². The van der Waals surface area contributed by atoms with Crippen molar-refractivity contribution >= 4 is 11.6 Å². The Hall–Kier alpha value is -1.45. The number of hydrogen-bond acceptors (Lipinski definition) is 2. The lowest BCUT2D eigenvalue weighted by molar-refractivity contribution is 0.241. The van der Waals surface area contributed by atoms with Crippen molar-refractivity contribution in [2.45, 2.75) is 12.6 Å². The van der Waals surface area contributed by atoms with Crippen LogP contribution < -0.4 is 4.74 Å². The van der Waals surface area contributed by atoms with Gasteiger partial charge in [0.25, 0.3) is 0 Å². The van der Waals surface area contributed by atoms with E-state index in [9.17, 15) is 4.39 Å². The summed E-state index contributed by atoms with van der Waals surface area (Å²) in [6, 6.07) is 2.97. The minimum Gasteiger partial charge on any atom is -0.484 e. The van der Waals surface area contributed by atoms with Gasteiger partial charge in [-0.15, -0.1) is 0 Å². The van der Waals surface area contributed by atoms with Gasteiger partial charge in [-0.2, -0.15) is 0 Å². The third kappa shape index (κ3) is 1.36. The van der Waals surface area contributed by atoms with E-state index in [1.165, 1.54) is 6.07 Å². The van der Waals surface area contributed by atoms with Gasteiger partial charge in [-0.05, 0) is 22.8 Å². The first-order chi connectivity index (χ1) is 6.72. The van der Waals surface area contributed by atoms with Crippen molar-refractivity contribution in [1.29, 1.82) is 0 Å². The first kappa shape index (κ1) is 9.12. The van der Waals surface area contributed by atoms with Crippen molar-refractivity contribution in [3.63, 3.8) is 0 Å². The summed E-state index contributed by atoms with van der Waals surface area (Å²) in [5.41, 5.74) is 8.56. The number of rotatable bonds is 1. The summed E-state index contributed by atoms with van der Waals surface area (Å²) in [7, 11) is 0. The van der Waals surface area contributed by atoms with Crippen LogP contribution in [0.25, 0.3) is 10.4 Å². The van der Waals surface area contributed by atoms with Gasteiger partial charge < -0.3 is 4.74 Å². The third-order valence-electron chi connectivity index (χ3n) is 1.98. The molecule has 0 aliphatic carbocycles.